The number of benzene rings is 1. The van der Waals surface area contributed by atoms with Gasteiger partial charge in [0, 0.05) is 24.2 Å². The van der Waals surface area contributed by atoms with E-state index in [0.717, 1.165) is 23.5 Å². The molecule has 11 heteroatoms. The van der Waals surface area contributed by atoms with Crippen LogP contribution in [0.4, 0.5) is 26.5 Å². The molecule has 198 valence electrons. The molecule has 0 unspecified atom stereocenters. The van der Waals surface area contributed by atoms with Crippen molar-refractivity contribution in [3.63, 3.8) is 0 Å². The first-order valence-corrected chi connectivity index (χ1v) is 12.2. The molecule has 3 aromatic rings. The maximum atomic E-state index is 15.0. The molecule has 0 bridgehead atoms. The van der Waals surface area contributed by atoms with Gasteiger partial charge in [-0.2, -0.15) is 10.4 Å². The van der Waals surface area contributed by atoms with Crippen molar-refractivity contribution >= 4 is 34.3 Å². The van der Waals surface area contributed by atoms with E-state index in [1.54, 1.807) is 33.9 Å². The molecule has 0 aliphatic heterocycles. The minimum Gasteiger partial charge on any atom is -0.444 e. The monoisotopic (exact) mass is 511 g/mol. The zero-order chi connectivity index (χ0) is 27.2. The Labute approximate surface area is 216 Å². The molecular formula is C26H34FN7O3. The number of carbonyl (C=O) groups excluding carboxylic acids is 1. The lowest BCUT2D eigenvalue weighted by Crippen LogP contribution is -2.48. The van der Waals surface area contributed by atoms with Crippen LogP contribution in [0.5, 0.6) is 0 Å². The van der Waals surface area contributed by atoms with Crippen molar-refractivity contribution in [3.05, 3.63) is 41.8 Å². The van der Waals surface area contributed by atoms with Gasteiger partial charge in [0.2, 0.25) is 0 Å². The lowest BCUT2D eigenvalue weighted by atomic mass is 10.1. The molecule has 2 heterocycles. The Kier molecular flexibility index (Phi) is 8.89. The van der Waals surface area contributed by atoms with Gasteiger partial charge in [-0.05, 0) is 65.8 Å². The molecule has 3 rings (SSSR count). The van der Waals surface area contributed by atoms with Gasteiger partial charge in [-0.15, -0.1) is 0 Å². The quantitative estimate of drug-likeness (QED) is 0.350. The Morgan fingerprint density at radius 1 is 1.24 bits per heavy atom. The first-order valence-electron chi connectivity index (χ1n) is 12.2. The summed E-state index contributed by atoms with van der Waals surface area (Å²) >= 11 is 0. The Bertz CT molecular complexity index is 1280. The summed E-state index contributed by atoms with van der Waals surface area (Å²) in [6.07, 6.45) is 1.17. The fourth-order valence-electron chi connectivity index (χ4n) is 3.65. The summed E-state index contributed by atoms with van der Waals surface area (Å²) in [6, 6.07) is 7.73. The van der Waals surface area contributed by atoms with Crippen molar-refractivity contribution < 1.29 is 18.7 Å². The van der Waals surface area contributed by atoms with E-state index >= 15 is 0 Å². The van der Waals surface area contributed by atoms with Crippen LogP contribution in [-0.4, -0.2) is 51.8 Å². The number of hydrogen-bond acceptors (Lipinski definition) is 8. The summed E-state index contributed by atoms with van der Waals surface area (Å²) in [6.45, 7) is 12.3. The topological polar surface area (TPSA) is 126 Å². The van der Waals surface area contributed by atoms with E-state index in [1.165, 1.54) is 0 Å². The van der Waals surface area contributed by atoms with Gasteiger partial charge in [0.1, 0.15) is 11.7 Å². The normalized spacial score (nSPS) is 13.0. The number of halogens is 1. The number of nitrogens with one attached hydrogen (secondary N) is 3. The molecule has 0 radical (unpaired) electrons. The van der Waals surface area contributed by atoms with E-state index < -0.39 is 29.6 Å². The minimum absolute atomic E-state index is 0.0497. The van der Waals surface area contributed by atoms with Gasteiger partial charge in [-0.3, -0.25) is 4.68 Å². The average molecular weight is 512 g/mol. The highest BCUT2D eigenvalue weighted by Gasteiger charge is 2.25. The third kappa shape index (κ3) is 7.30. The number of aryl methyl sites for hydroxylation is 1. The van der Waals surface area contributed by atoms with Crippen LogP contribution in [0.15, 0.2) is 30.5 Å². The SMILES string of the molecule is CCOC[C@@H](Nc1nc(Nc2ccc3c(cnn3CC)c2)c(C#N)cc1F)[C@H](C)NC(=O)OC(C)(C)C. The number of aromatic nitrogens is 3. The smallest absolute Gasteiger partial charge is 0.407 e. The van der Waals surface area contributed by atoms with Crippen molar-refractivity contribution in [1.82, 2.24) is 20.1 Å². The Morgan fingerprint density at radius 3 is 2.65 bits per heavy atom. The molecular weight excluding hydrogens is 477 g/mol. The molecule has 3 N–H and O–H groups in total. The zero-order valence-corrected chi connectivity index (χ0v) is 22.1. The summed E-state index contributed by atoms with van der Waals surface area (Å²) in [5, 5.41) is 23.7. The van der Waals surface area contributed by atoms with E-state index in [4.69, 9.17) is 9.47 Å². The van der Waals surface area contributed by atoms with Gasteiger partial charge in [0.05, 0.1) is 36.0 Å². The van der Waals surface area contributed by atoms with E-state index in [0.29, 0.717) is 12.3 Å². The first kappa shape index (κ1) is 27.7. The third-order valence-corrected chi connectivity index (χ3v) is 5.47. The van der Waals surface area contributed by atoms with E-state index in [2.05, 4.69) is 26.0 Å². The van der Waals surface area contributed by atoms with Crippen LogP contribution in [0, 0.1) is 17.1 Å². The summed E-state index contributed by atoms with van der Waals surface area (Å²) in [7, 11) is 0. The van der Waals surface area contributed by atoms with Crippen LogP contribution in [0.3, 0.4) is 0 Å². The number of nitrogens with zero attached hydrogens (tertiary/aromatic N) is 4. The largest absolute Gasteiger partial charge is 0.444 e. The highest BCUT2D eigenvalue weighted by molar-refractivity contribution is 5.83. The third-order valence-electron chi connectivity index (χ3n) is 5.47. The molecule has 37 heavy (non-hydrogen) atoms. The van der Waals surface area contributed by atoms with Gasteiger partial charge in [-0.25, -0.2) is 14.2 Å². The fourth-order valence-corrected chi connectivity index (χ4v) is 3.65. The molecule has 0 spiro atoms. The second kappa shape index (κ2) is 11.9. The number of carbonyl (C=O) groups is 1. The molecule has 0 aliphatic carbocycles. The van der Waals surface area contributed by atoms with Crippen molar-refractivity contribution in [1.29, 1.82) is 5.26 Å². The Balaban J connectivity index is 1.85. The summed E-state index contributed by atoms with van der Waals surface area (Å²) < 4.78 is 27.7. The molecule has 2 aromatic heterocycles. The number of rotatable bonds is 10. The Morgan fingerprint density at radius 2 is 2.00 bits per heavy atom. The van der Waals surface area contributed by atoms with Gasteiger partial charge in [-0.1, -0.05) is 0 Å². The molecule has 10 nitrogen and oxygen atoms in total. The predicted octanol–water partition coefficient (Wildman–Crippen LogP) is 4.94. The standard InChI is InChI=1S/C26H34FN7O3/c1-7-34-22-10-9-19(11-18(22)14-29-34)31-23-17(13-28)12-20(27)24(33-23)32-21(15-36-8-2)16(3)30-25(35)37-26(4,5)6/h9-12,14,16,21H,7-8,15H2,1-6H3,(H,30,35)(H2,31,32,33)/t16-,21+/m0/s1. The fraction of sp³-hybridized carbons (Fsp3) is 0.462. The number of ether oxygens (including phenoxy) is 2. The highest BCUT2D eigenvalue weighted by Crippen LogP contribution is 2.26. The van der Waals surface area contributed by atoms with Gasteiger partial charge >= 0.3 is 6.09 Å². The number of fused-ring (bicyclic) bond motifs is 1. The number of anilines is 3. The number of amides is 1. The summed E-state index contributed by atoms with van der Waals surface area (Å²) in [4.78, 5) is 16.6. The summed E-state index contributed by atoms with van der Waals surface area (Å²) in [5.74, 6) is -0.590. The second-order valence-corrected chi connectivity index (χ2v) is 9.53. The number of hydrogen-bond donors (Lipinski definition) is 3. The lowest BCUT2D eigenvalue weighted by Gasteiger charge is -2.28. The maximum Gasteiger partial charge on any atom is 0.407 e. The number of pyridine rings is 1. The highest BCUT2D eigenvalue weighted by atomic mass is 19.1. The van der Waals surface area contributed by atoms with Gasteiger partial charge in [0.15, 0.2) is 17.5 Å². The molecule has 2 atom stereocenters. The van der Waals surface area contributed by atoms with Crippen LogP contribution in [0.1, 0.15) is 47.1 Å². The van der Waals surface area contributed by atoms with Crippen LogP contribution in [-0.2, 0) is 16.0 Å². The molecule has 0 saturated heterocycles. The first-order chi connectivity index (χ1) is 17.5. The van der Waals surface area contributed by atoms with E-state index in [1.807, 2.05) is 42.8 Å². The van der Waals surface area contributed by atoms with Gasteiger partial charge < -0.3 is 25.4 Å². The molecule has 0 fully saturated rings. The number of nitriles is 1. The summed E-state index contributed by atoms with van der Waals surface area (Å²) in [5.41, 5.74) is 1.05. The maximum absolute atomic E-state index is 15.0. The van der Waals surface area contributed by atoms with Crippen LogP contribution in [0.25, 0.3) is 10.9 Å². The van der Waals surface area contributed by atoms with Crippen molar-refractivity contribution in [2.24, 2.45) is 0 Å². The molecule has 1 aromatic carbocycles. The molecule has 0 saturated carbocycles. The van der Waals surface area contributed by atoms with Crippen molar-refractivity contribution in [3.8, 4) is 6.07 Å². The average Bonchev–Trinajstić information content (AvgIpc) is 3.24. The van der Waals surface area contributed by atoms with Crippen molar-refractivity contribution in [2.45, 2.75) is 65.8 Å². The van der Waals surface area contributed by atoms with Gasteiger partial charge in [0.25, 0.3) is 0 Å². The zero-order valence-electron chi connectivity index (χ0n) is 22.1. The van der Waals surface area contributed by atoms with Crippen molar-refractivity contribution in [2.75, 3.05) is 23.8 Å². The second-order valence-electron chi connectivity index (χ2n) is 9.53. The molecule has 0 aliphatic rings. The minimum atomic E-state index is -0.701. The molecule has 1 amide bonds. The van der Waals surface area contributed by atoms with Crippen LogP contribution in [0.2, 0.25) is 0 Å². The predicted molar refractivity (Wildman–Crippen MR) is 140 cm³/mol. The van der Waals surface area contributed by atoms with E-state index in [-0.39, 0.29) is 23.8 Å². The van der Waals surface area contributed by atoms with Crippen LogP contribution >= 0.6 is 0 Å². The number of alkyl carbamates (subject to hydrolysis) is 1. The van der Waals surface area contributed by atoms with Crippen LogP contribution < -0.4 is 16.0 Å². The van der Waals surface area contributed by atoms with E-state index in [9.17, 15) is 14.4 Å². The lowest BCUT2D eigenvalue weighted by molar-refractivity contribution is 0.0488. The Hall–Kier alpha value is -3.91.